The molecule has 0 unspecified atom stereocenters. The first kappa shape index (κ1) is 16.2. The standard InChI is InChI=1S/C17H16BrNO3/c1-22-15-8-2-12(3-9-15)16(20)10-11-17(21)19-14-6-4-13(18)5-7-14/h2-9H,10-11H2,1H3,(H,19,21). The number of methoxy groups -OCH3 is 1. The summed E-state index contributed by atoms with van der Waals surface area (Å²) in [5.41, 5.74) is 1.29. The van der Waals surface area contributed by atoms with Crippen molar-refractivity contribution in [3.8, 4) is 5.75 Å². The number of ketones is 1. The van der Waals surface area contributed by atoms with Gasteiger partial charge in [0.2, 0.25) is 5.91 Å². The lowest BCUT2D eigenvalue weighted by molar-refractivity contribution is -0.116. The van der Waals surface area contributed by atoms with Crippen LogP contribution in [0.3, 0.4) is 0 Å². The molecule has 0 fully saturated rings. The highest BCUT2D eigenvalue weighted by Gasteiger charge is 2.09. The van der Waals surface area contributed by atoms with Crippen LogP contribution in [0.15, 0.2) is 53.0 Å². The molecule has 0 aliphatic carbocycles. The molecule has 1 N–H and O–H groups in total. The van der Waals surface area contributed by atoms with Crippen LogP contribution in [0.4, 0.5) is 5.69 Å². The Labute approximate surface area is 137 Å². The van der Waals surface area contributed by atoms with Crippen molar-refractivity contribution >= 4 is 33.3 Å². The molecule has 0 heterocycles. The highest BCUT2D eigenvalue weighted by molar-refractivity contribution is 9.10. The molecule has 114 valence electrons. The number of hydrogen-bond acceptors (Lipinski definition) is 3. The Balaban J connectivity index is 1.84. The summed E-state index contributed by atoms with van der Waals surface area (Å²) in [4.78, 5) is 23.9. The second kappa shape index (κ2) is 7.75. The Hall–Kier alpha value is -2.14. The van der Waals surface area contributed by atoms with Crippen LogP contribution in [0.25, 0.3) is 0 Å². The molecule has 1 amide bonds. The molecule has 0 atom stereocenters. The normalized spacial score (nSPS) is 10.1. The average Bonchev–Trinajstić information content (AvgIpc) is 2.55. The number of amides is 1. The maximum absolute atomic E-state index is 12.0. The van der Waals surface area contributed by atoms with Gasteiger partial charge < -0.3 is 10.1 Å². The van der Waals surface area contributed by atoms with Crippen LogP contribution in [-0.4, -0.2) is 18.8 Å². The van der Waals surface area contributed by atoms with Gasteiger partial charge in [-0.25, -0.2) is 0 Å². The Morgan fingerprint density at radius 2 is 1.64 bits per heavy atom. The Morgan fingerprint density at radius 3 is 2.23 bits per heavy atom. The smallest absolute Gasteiger partial charge is 0.224 e. The van der Waals surface area contributed by atoms with E-state index in [2.05, 4.69) is 21.2 Å². The minimum absolute atomic E-state index is 0.0615. The molecule has 5 heteroatoms. The molecule has 0 saturated carbocycles. The van der Waals surface area contributed by atoms with Crippen molar-refractivity contribution < 1.29 is 14.3 Å². The molecule has 0 aliphatic heterocycles. The first-order valence-corrected chi connectivity index (χ1v) is 7.60. The maximum Gasteiger partial charge on any atom is 0.224 e. The molecule has 0 aliphatic rings. The van der Waals surface area contributed by atoms with E-state index in [1.54, 1.807) is 43.5 Å². The molecular weight excluding hydrogens is 346 g/mol. The zero-order valence-electron chi connectivity index (χ0n) is 12.1. The fraction of sp³-hybridized carbons (Fsp3) is 0.176. The van der Waals surface area contributed by atoms with E-state index >= 15 is 0 Å². The fourth-order valence-electron chi connectivity index (χ4n) is 1.91. The van der Waals surface area contributed by atoms with Gasteiger partial charge in [0, 0.05) is 28.6 Å². The summed E-state index contributed by atoms with van der Waals surface area (Å²) in [6.45, 7) is 0. The first-order chi connectivity index (χ1) is 10.6. The number of carbonyl (C=O) groups is 2. The molecule has 2 rings (SSSR count). The number of nitrogens with one attached hydrogen (secondary N) is 1. The zero-order valence-corrected chi connectivity index (χ0v) is 13.7. The first-order valence-electron chi connectivity index (χ1n) is 6.81. The predicted octanol–water partition coefficient (Wildman–Crippen LogP) is 4.06. The second-order valence-corrected chi connectivity index (χ2v) is 5.62. The summed E-state index contributed by atoms with van der Waals surface area (Å²) in [5.74, 6) is 0.460. The zero-order chi connectivity index (χ0) is 15.9. The van der Waals surface area contributed by atoms with Crippen molar-refractivity contribution in [1.82, 2.24) is 0 Å². The van der Waals surface area contributed by atoms with E-state index in [4.69, 9.17) is 4.74 Å². The van der Waals surface area contributed by atoms with Gasteiger partial charge in [0.05, 0.1) is 7.11 Å². The summed E-state index contributed by atoms with van der Waals surface area (Å²) < 4.78 is 5.99. The van der Waals surface area contributed by atoms with Gasteiger partial charge in [0.25, 0.3) is 0 Å². The average molecular weight is 362 g/mol. The van der Waals surface area contributed by atoms with Gasteiger partial charge in [-0.15, -0.1) is 0 Å². The molecule has 0 spiro atoms. The number of benzene rings is 2. The lowest BCUT2D eigenvalue weighted by atomic mass is 10.1. The van der Waals surface area contributed by atoms with Gasteiger partial charge >= 0.3 is 0 Å². The van der Waals surface area contributed by atoms with Crippen molar-refractivity contribution in [1.29, 1.82) is 0 Å². The van der Waals surface area contributed by atoms with Crippen LogP contribution < -0.4 is 10.1 Å². The second-order valence-electron chi connectivity index (χ2n) is 4.71. The van der Waals surface area contributed by atoms with E-state index in [9.17, 15) is 9.59 Å². The van der Waals surface area contributed by atoms with Gasteiger partial charge in [0.15, 0.2) is 5.78 Å². The van der Waals surface area contributed by atoms with E-state index in [0.29, 0.717) is 17.0 Å². The molecule has 0 bridgehead atoms. The van der Waals surface area contributed by atoms with E-state index in [1.807, 2.05) is 12.1 Å². The number of Topliss-reactive ketones (excluding diaryl/α,β-unsaturated/α-hetero) is 1. The number of halogens is 1. The van der Waals surface area contributed by atoms with Crippen molar-refractivity contribution in [3.63, 3.8) is 0 Å². The number of carbonyl (C=O) groups excluding carboxylic acids is 2. The van der Waals surface area contributed by atoms with Crippen molar-refractivity contribution in [2.24, 2.45) is 0 Å². The monoisotopic (exact) mass is 361 g/mol. The molecule has 0 saturated heterocycles. The van der Waals surface area contributed by atoms with Crippen LogP contribution in [0, 0.1) is 0 Å². The SMILES string of the molecule is COc1ccc(C(=O)CCC(=O)Nc2ccc(Br)cc2)cc1. The van der Waals surface area contributed by atoms with E-state index in [-0.39, 0.29) is 24.5 Å². The van der Waals surface area contributed by atoms with Crippen LogP contribution >= 0.6 is 15.9 Å². The number of rotatable bonds is 6. The van der Waals surface area contributed by atoms with Gasteiger partial charge in [-0.3, -0.25) is 9.59 Å². The third kappa shape index (κ3) is 4.70. The summed E-state index contributed by atoms with van der Waals surface area (Å²) in [5, 5.41) is 2.76. The minimum atomic E-state index is -0.177. The highest BCUT2D eigenvalue weighted by Crippen LogP contribution is 2.16. The fourth-order valence-corrected chi connectivity index (χ4v) is 2.17. The van der Waals surface area contributed by atoms with Crippen molar-refractivity contribution in [2.75, 3.05) is 12.4 Å². The minimum Gasteiger partial charge on any atom is -0.497 e. The summed E-state index contributed by atoms with van der Waals surface area (Å²) in [6.07, 6.45) is 0.329. The summed E-state index contributed by atoms with van der Waals surface area (Å²) in [7, 11) is 1.57. The lowest BCUT2D eigenvalue weighted by Gasteiger charge is -2.05. The summed E-state index contributed by atoms with van der Waals surface area (Å²) >= 11 is 3.33. The third-order valence-electron chi connectivity index (χ3n) is 3.12. The topological polar surface area (TPSA) is 55.4 Å². The van der Waals surface area contributed by atoms with Gasteiger partial charge in [-0.2, -0.15) is 0 Å². The van der Waals surface area contributed by atoms with Crippen LogP contribution in [-0.2, 0) is 4.79 Å². The number of anilines is 1. The van der Waals surface area contributed by atoms with Gasteiger partial charge in [-0.05, 0) is 48.5 Å². The van der Waals surface area contributed by atoms with E-state index < -0.39 is 0 Å². The van der Waals surface area contributed by atoms with Crippen LogP contribution in [0.2, 0.25) is 0 Å². The highest BCUT2D eigenvalue weighted by atomic mass is 79.9. The summed E-state index contributed by atoms with van der Waals surface area (Å²) in [6, 6.07) is 14.2. The molecule has 2 aromatic carbocycles. The number of ether oxygens (including phenoxy) is 1. The van der Waals surface area contributed by atoms with Crippen molar-refractivity contribution in [2.45, 2.75) is 12.8 Å². The van der Waals surface area contributed by atoms with Gasteiger partial charge in [0.1, 0.15) is 5.75 Å². The Kier molecular flexibility index (Phi) is 5.72. The Morgan fingerprint density at radius 1 is 1.00 bits per heavy atom. The molecular formula is C17H16BrNO3. The quantitative estimate of drug-likeness (QED) is 0.789. The van der Waals surface area contributed by atoms with Crippen LogP contribution in [0.1, 0.15) is 23.2 Å². The maximum atomic E-state index is 12.0. The Bertz CT molecular complexity index is 651. The molecule has 2 aromatic rings. The van der Waals surface area contributed by atoms with Crippen molar-refractivity contribution in [3.05, 3.63) is 58.6 Å². The lowest BCUT2D eigenvalue weighted by Crippen LogP contribution is -2.13. The molecule has 4 nitrogen and oxygen atoms in total. The van der Waals surface area contributed by atoms with Crippen LogP contribution in [0.5, 0.6) is 5.75 Å². The van der Waals surface area contributed by atoms with E-state index in [0.717, 1.165) is 4.47 Å². The number of hydrogen-bond donors (Lipinski definition) is 1. The molecule has 0 aromatic heterocycles. The molecule has 22 heavy (non-hydrogen) atoms. The largest absolute Gasteiger partial charge is 0.497 e. The predicted molar refractivity (Wildman–Crippen MR) is 89.3 cm³/mol. The van der Waals surface area contributed by atoms with E-state index in [1.165, 1.54) is 0 Å². The van der Waals surface area contributed by atoms with Gasteiger partial charge in [-0.1, -0.05) is 15.9 Å². The third-order valence-corrected chi connectivity index (χ3v) is 3.65. The molecule has 0 radical (unpaired) electrons.